The number of nitrogens with one attached hydrogen (secondary N) is 1. The number of hydrogen-bond acceptors (Lipinski definition) is 7. The number of sulfonamides is 1. The first-order valence-corrected chi connectivity index (χ1v) is 15.7. The molecule has 2 aromatic carbocycles. The van der Waals surface area contributed by atoms with Crippen LogP contribution >= 0.6 is 22.9 Å². The van der Waals surface area contributed by atoms with E-state index in [2.05, 4.69) is 14.8 Å². The Hall–Kier alpha value is -3.59. The van der Waals surface area contributed by atoms with Crippen LogP contribution in [0, 0.1) is 25.5 Å². The summed E-state index contributed by atoms with van der Waals surface area (Å²) in [4.78, 5) is 11.1. The van der Waals surface area contributed by atoms with Crippen LogP contribution in [-0.4, -0.2) is 46.5 Å². The number of aryl methyl sites for hydroxylation is 2. The maximum atomic E-state index is 14.1. The number of benzene rings is 2. The highest BCUT2D eigenvalue weighted by molar-refractivity contribution is 7.89. The summed E-state index contributed by atoms with van der Waals surface area (Å²) in [5.41, 5.74) is 2.02. The zero-order chi connectivity index (χ0) is 30.6. The fraction of sp³-hybridized carbons (Fsp3) is 0.250. The molecule has 2 atom stereocenters. The van der Waals surface area contributed by atoms with Gasteiger partial charge in [0.05, 0.1) is 10.6 Å². The van der Waals surface area contributed by atoms with E-state index in [1.165, 1.54) is 55.5 Å². The van der Waals surface area contributed by atoms with Crippen LogP contribution in [0.2, 0.25) is 5.02 Å². The van der Waals surface area contributed by atoms with Gasteiger partial charge in [0.15, 0.2) is 10.8 Å². The Morgan fingerprint density at radius 1 is 1.12 bits per heavy atom. The molecule has 2 aliphatic rings. The van der Waals surface area contributed by atoms with Crippen LogP contribution in [0.15, 0.2) is 69.8 Å². The van der Waals surface area contributed by atoms with Crippen LogP contribution in [0.5, 0.6) is 0 Å². The van der Waals surface area contributed by atoms with Crippen LogP contribution < -0.4 is 4.72 Å². The Kier molecular flexibility index (Phi) is 7.65. The van der Waals surface area contributed by atoms with Crippen molar-refractivity contribution in [2.75, 3.05) is 6.54 Å². The molecule has 15 heteroatoms. The number of nitrogens with zero attached hydrogens (tertiary/aromatic N) is 5. The van der Waals surface area contributed by atoms with Gasteiger partial charge in [-0.1, -0.05) is 17.7 Å². The van der Waals surface area contributed by atoms with E-state index < -0.39 is 40.3 Å². The zero-order valence-corrected chi connectivity index (χ0v) is 25.0. The number of aromatic nitrogens is 3. The van der Waals surface area contributed by atoms with Crippen LogP contribution in [0.3, 0.4) is 0 Å². The highest BCUT2D eigenvalue weighted by Crippen LogP contribution is 2.46. The van der Waals surface area contributed by atoms with E-state index in [1.54, 1.807) is 16.5 Å². The minimum Gasteiger partial charge on any atom is -0.326 e. The number of aliphatic imine (C=N–C) groups is 1. The molecule has 2 aromatic heterocycles. The first kappa shape index (κ1) is 29.5. The number of alkyl halides is 2. The highest BCUT2D eigenvalue weighted by atomic mass is 35.5. The van der Waals surface area contributed by atoms with E-state index in [-0.39, 0.29) is 39.7 Å². The SMILES string of the molecule is Cc1cc(S(=O)(=O)N[C@H]2CC3=C(c4ccn(C(F)F)n4)[C@H](c4ccc(F)cc4Cl)N=C(c4nccs4)N3C2)c(C)cc1F. The molecule has 0 amide bonds. The fourth-order valence-electron chi connectivity index (χ4n) is 5.36. The first-order chi connectivity index (χ1) is 20.4. The predicted molar refractivity (Wildman–Crippen MR) is 155 cm³/mol. The quantitative estimate of drug-likeness (QED) is 0.239. The van der Waals surface area contributed by atoms with Gasteiger partial charge < -0.3 is 4.90 Å². The van der Waals surface area contributed by atoms with Gasteiger partial charge in [0.1, 0.15) is 17.7 Å². The van der Waals surface area contributed by atoms with Crippen LogP contribution in [-0.2, 0) is 10.0 Å². The van der Waals surface area contributed by atoms with Crippen molar-refractivity contribution in [3.05, 3.63) is 104 Å². The fourth-order valence-corrected chi connectivity index (χ4v) is 7.81. The molecular formula is C28H23ClF4N6O2S2. The van der Waals surface area contributed by atoms with Gasteiger partial charge in [0, 0.05) is 58.6 Å². The van der Waals surface area contributed by atoms with Gasteiger partial charge in [-0.05, 0) is 55.3 Å². The minimum absolute atomic E-state index is 0.0501. The van der Waals surface area contributed by atoms with Crippen LogP contribution in [0.1, 0.15) is 46.4 Å². The lowest BCUT2D eigenvalue weighted by Gasteiger charge is -2.32. The molecule has 1 N–H and O–H groups in total. The number of thiazole rings is 1. The van der Waals surface area contributed by atoms with Crippen molar-refractivity contribution < 1.29 is 26.0 Å². The molecule has 0 unspecified atom stereocenters. The third kappa shape index (κ3) is 5.48. The van der Waals surface area contributed by atoms with E-state index in [9.17, 15) is 26.0 Å². The van der Waals surface area contributed by atoms with E-state index in [4.69, 9.17) is 16.6 Å². The molecule has 0 radical (unpaired) electrons. The topological polar surface area (TPSA) is 92.5 Å². The Morgan fingerprint density at radius 3 is 2.58 bits per heavy atom. The molecule has 6 rings (SSSR count). The number of amidine groups is 1. The van der Waals surface area contributed by atoms with Gasteiger partial charge >= 0.3 is 6.55 Å². The molecule has 1 fully saturated rings. The van der Waals surface area contributed by atoms with Crippen molar-refractivity contribution >= 4 is 44.4 Å². The molecule has 4 heterocycles. The van der Waals surface area contributed by atoms with Crippen molar-refractivity contribution in [1.29, 1.82) is 0 Å². The van der Waals surface area contributed by atoms with Gasteiger partial charge in [-0.15, -0.1) is 11.3 Å². The Balaban J connectivity index is 1.49. The molecule has 224 valence electrons. The molecular weight excluding hydrogens is 628 g/mol. The Morgan fingerprint density at radius 2 is 1.91 bits per heavy atom. The van der Waals surface area contributed by atoms with Gasteiger partial charge in [0.25, 0.3) is 0 Å². The second-order valence-electron chi connectivity index (χ2n) is 10.2. The van der Waals surface area contributed by atoms with Crippen molar-refractivity contribution in [2.24, 2.45) is 4.99 Å². The second-order valence-corrected chi connectivity index (χ2v) is 13.2. The summed E-state index contributed by atoms with van der Waals surface area (Å²) in [6, 6.07) is 6.13. The highest BCUT2D eigenvalue weighted by Gasteiger charge is 2.42. The summed E-state index contributed by atoms with van der Waals surface area (Å²) in [5.74, 6) is -0.654. The lowest BCUT2D eigenvalue weighted by atomic mass is 9.92. The van der Waals surface area contributed by atoms with E-state index in [1.807, 2.05) is 0 Å². The van der Waals surface area contributed by atoms with Gasteiger partial charge in [0.2, 0.25) is 10.0 Å². The molecule has 43 heavy (non-hydrogen) atoms. The average molecular weight is 651 g/mol. The predicted octanol–water partition coefficient (Wildman–Crippen LogP) is 6.25. The zero-order valence-electron chi connectivity index (χ0n) is 22.6. The number of fused-ring (bicyclic) bond motifs is 1. The lowest BCUT2D eigenvalue weighted by molar-refractivity contribution is 0.0564. The summed E-state index contributed by atoms with van der Waals surface area (Å²) >= 11 is 7.80. The molecule has 1 saturated heterocycles. The first-order valence-electron chi connectivity index (χ1n) is 13.0. The average Bonchev–Trinajstić information content (AvgIpc) is 3.71. The summed E-state index contributed by atoms with van der Waals surface area (Å²) in [5, 5.41) is 6.46. The molecule has 0 spiro atoms. The second kappa shape index (κ2) is 11.2. The van der Waals surface area contributed by atoms with Crippen molar-refractivity contribution in [3.8, 4) is 0 Å². The molecule has 0 bridgehead atoms. The van der Waals surface area contributed by atoms with Crippen molar-refractivity contribution in [2.45, 2.75) is 43.8 Å². The van der Waals surface area contributed by atoms with Gasteiger partial charge in [-0.3, -0.25) is 4.99 Å². The summed E-state index contributed by atoms with van der Waals surface area (Å²) < 4.78 is 85.5. The molecule has 4 aromatic rings. The number of halogens is 5. The van der Waals surface area contributed by atoms with E-state index in [0.29, 0.717) is 32.4 Å². The maximum Gasteiger partial charge on any atom is 0.333 e. The molecule has 8 nitrogen and oxygen atoms in total. The monoisotopic (exact) mass is 650 g/mol. The third-order valence-electron chi connectivity index (χ3n) is 7.29. The van der Waals surface area contributed by atoms with Crippen LogP contribution in [0.4, 0.5) is 17.6 Å². The number of hydrogen-bond donors (Lipinski definition) is 1. The molecule has 2 aliphatic heterocycles. The summed E-state index contributed by atoms with van der Waals surface area (Å²) in [7, 11) is -4.09. The summed E-state index contributed by atoms with van der Waals surface area (Å²) in [6.07, 6.45) is 2.87. The van der Waals surface area contributed by atoms with Crippen molar-refractivity contribution in [3.63, 3.8) is 0 Å². The van der Waals surface area contributed by atoms with E-state index in [0.717, 1.165) is 12.3 Å². The normalized spacial score (nSPS) is 18.9. The molecule has 0 saturated carbocycles. The largest absolute Gasteiger partial charge is 0.333 e. The maximum absolute atomic E-state index is 14.1. The summed E-state index contributed by atoms with van der Waals surface area (Å²) in [6.45, 7) is 0.234. The Labute approximate surface area is 253 Å². The van der Waals surface area contributed by atoms with Crippen LogP contribution in [0.25, 0.3) is 5.57 Å². The Bertz CT molecular complexity index is 1890. The van der Waals surface area contributed by atoms with Crippen molar-refractivity contribution in [1.82, 2.24) is 24.4 Å². The minimum atomic E-state index is -4.09. The number of rotatable bonds is 7. The standard InChI is InChI=1S/C28H23ClF4N6O2S2/c1-14-10-23(15(2)9-20(14)31)43(40,41)37-17-12-22-24(21-5-7-39(36-21)28(32)33)25(18-4-3-16(30)11-19(18)29)35-26(38(22)13-17)27-34-6-8-42-27/h3-11,17,25,28,37H,12-13H2,1-2H3/t17-,25-/m0/s1. The van der Waals surface area contributed by atoms with Gasteiger partial charge in [-0.25, -0.2) is 31.6 Å². The smallest absolute Gasteiger partial charge is 0.326 e. The van der Waals surface area contributed by atoms with Gasteiger partial charge in [-0.2, -0.15) is 13.9 Å². The molecule has 0 aliphatic carbocycles. The lowest BCUT2D eigenvalue weighted by Crippen LogP contribution is -2.39. The third-order valence-corrected chi connectivity index (χ3v) is 10.1. The van der Waals surface area contributed by atoms with E-state index >= 15 is 0 Å².